The molecule has 3 nitrogen and oxygen atoms in total. The lowest BCUT2D eigenvalue weighted by atomic mass is 9.94. The highest BCUT2D eigenvalue weighted by molar-refractivity contribution is 7.74. The lowest BCUT2D eigenvalue weighted by molar-refractivity contribution is 0.434. The number of hydrogen-bond donors (Lipinski definition) is 0. The van der Waals surface area contributed by atoms with Crippen molar-refractivity contribution >= 4 is 11.4 Å². The van der Waals surface area contributed by atoms with Gasteiger partial charge in [-0.2, -0.15) is 0 Å². The maximum absolute atomic E-state index is 10.7. The Kier molecular flexibility index (Phi) is 4.50. The summed E-state index contributed by atoms with van der Waals surface area (Å²) in [5.74, 6) is 0.954. The van der Waals surface area contributed by atoms with Gasteiger partial charge < -0.3 is 8.74 Å². The molecule has 1 unspecified atom stereocenters. The van der Waals surface area contributed by atoms with Crippen molar-refractivity contribution in [3.63, 3.8) is 0 Å². The predicted octanol–water partition coefficient (Wildman–Crippen LogP) is 3.11. The molecule has 0 N–H and O–H groups in total. The van der Waals surface area contributed by atoms with E-state index >= 15 is 0 Å². The molecule has 0 saturated heterocycles. The van der Waals surface area contributed by atoms with Crippen molar-refractivity contribution in [3.8, 4) is 5.75 Å². The summed E-state index contributed by atoms with van der Waals surface area (Å²) < 4.78 is 26.3. The zero-order valence-corrected chi connectivity index (χ0v) is 10.8. The van der Waals surface area contributed by atoms with Gasteiger partial charge in [0.15, 0.2) is 0 Å². The molecule has 0 spiro atoms. The van der Waals surface area contributed by atoms with Crippen LogP contribution < -0.4 is 4.18 Å². The minimum absolute atomic E-state index is 0.234. The van der Waals surface area contributed by atoms with Gasteiger partial charge in [-0.15, -0.1) is 0 Å². The van der Waals surface area contributed by atoms with Crippen LogP contribution in [0.25, 0.3) is 0 Å². The number of rotatable bonds is 4. The first-order valence-corrected chi connectivity index (χ1v) is 6.33. The van der Waals surface area contributed by atoms with E-state index in [0.29, 0.717) is 5.75 Å². The first kappa shape index (κ1) is 13.2. The van der Waals surface area contributed by atoms with E-state index in [1.165, 1.54) is 0 Å². The molecule has 16 heavy (non-hydrogen) atoms. The minimum Gasteiger partial charge on any atom is -0.740 e. The van der Waals surface area contributed by atoms with Crippen LogP contribution in [0.5, 0.6) is 5.75 Å². The average molecular weight is 241 g/mol. The maximum Gasteiger partial charge on any atom is 0.146 e. The first-order valence-electron chi connectivity index (χ1n) is 5.33. The summed E-state index contributed by atoms with van der Waals surface area (Å²) in [6, 6.07) is 5.74. The van der Waals surface area contributed by atoms with E-state index in [4.69, 9.17) is 4.18 Å². The summed E-state index contributed by atoms with van der Waals surface area (Å²) in [6.07, 6.45) is 0. The van der Waals surface area contributed by atoms with Crippen molar-refractivity contribution in [1.82, 2.24) is 0 Å². The SMILES string of the molecule is CC(C)c1cccc(C(C)C)c1OS(=O)[O-]. The summed E-state index contributed by atoms with van der Waals surface area (Å²) >= 11 is -2.52. The molecule has 1 aromatic carbocycles. The van der Waals surface area contributed by atoms with Crippen LogP contribution in [0, 0.1) is 0 Å². The van der Waals surface area contributed by atoms with Crippen LogP contribution in [0.4, 0.5) is 0 Å². The summed E-state index contributed by atoms with van der Waals surface area (Å²) in [5, 5.41) is 0. The largest absolute Gasteiger partial charge is 0.740 e. The fraction of sp³-hybridized carbons (Fsp3) is 0.500. The van der Waals surface area contributed by atoms with Gasteiger partial charge in [0.2, 0.25) is 0 Å². The van der Waals surface area contributed by atoms with Crippen LogP contribution in [-0.4, -0.2) is 8.76 Å². The smallest absolute Gasteiger partial charge is 0.146 e. The second kappa shape index (κ2) is 5.46. The quantitative estimate of drug-likeness (QED) is 0.761. The Morgan fingerprint density at radius 2 is 1.56 bits per heavy atom. The number of para-hydroxylation sites is 1. The molecule has 0 aliphatic heterocycles. The zero-order valence-electron chi connectivity index (χ0n) is 10.0. The fourth-order valence-electron chi connectivity index (χ4n) is 1.65. The molecule has 0 radical (unpaired) electrons. The summed E-state index contributed by atoms with van der Waals surface area (Å²) in [6.45, 7) is 8.06. The Morgan fingerprint density at radius 3 is 1.88 bits per heavy atom. The van der Waals surface area contributed by atoms with Crippen molar-refractivity contribution in [2.24, 2.45) is 0 Å². The zero-order chi connectivity index (χ0) is 12.3. The number of benzene rings is 1. The molecule has 1 atom stereocenters. The predicted molar refractivity (Wildman–Crippen MR) is 64.2 cm³/mol. The fourth-order valence-corrected chi connectivity index (χ4v) is 1.98. The Hall–Kier alpha value is -0.870. The Labute approximate surface area is 99.3 Å². The maximum atomic E-state index is 10.7. The van der Waals surface area contributed by atoms with Gasteiger partial charge in [0, 0.05) is 0 Å². The molecule has 0 bridgehead atoms. The van der Waals surface area contributed by atoms with Crippen LogP contribution in [0.1, 0.15) is 50.7 Å². The normalized spacial score (nSPS) is 13.2. The Bertz CT molecular complexity index is 360. The third-order valence-corrected chi connectivity index (χ3v) is 2.77. The molecule has 0 amide bonds. The molecule has 1 rings (SSSR count). The molecule has 0 aromatic heterocycles. The third-order valence-electron chi connectivity index (χ3n) is 2.47. The van der Waals surface area contributed by atoms with Gasteiger partial charge in [-0.25, -0.2) is 4.21 Å². The molecule has 0 fully saturated rings. The van der Waals surface area contributed by atoms with Crippen molar-refractivity contribution in [2.75, 3.05) is 0 Å². The van der Waals surface area contributed by atoms with Crippen molar-refractivity contribution < 1.29 is 12.9 Å². The van der Waals surface area contributed by atoms with Gasteiger partial charge >= 0.3 is 0 Å². The number of hydrogen-bond acceptors (Lipinski definition) is 3. The van der Waals surface area contributed by atoms with Crippen molar-refractivity contribution in [3.05, 3.63) is 29.3 Å². The van der Waals surface area contributed by atoms with Crippen molar-refractivity contribution in [1.29, 1.82) is 0 Å². The van der Waals surface area contributed by atoms with E-state index in [9.17, 15) is 8.76 Å². The molecular weight excluding hydrogens is 224 g/mol. The molecule has 0 aliphatic rings. The topological polar surface area (TPSA) is 49.4 Å². The van der Waals surface area contributed by atoms with E-state index in [0.717, 1.165) is 11.1 Å². The van der Waals surface area contributed by atoms with Crippen LogP contribution in [0.15, 0.2) is 18.2 Å². The summed E-state index contributed by atoms with van der Waals surface area (Å²) in [7, 11) is 0. The van der Waals surface area contributed by atoms with E-state index in [1.54, 1.807) is 0 Å². The standard InChI is InChI=1S/C12H18O3S/c1-8(2)10-6-5-7-11(9(3)4)12(10)15-16(13)14/h5-9H,1-4H3,(H,13,14)/p-1. The van der Waals surface area contributed by atoms with E-state index < -0.39 is 11.4 Å². The van der Waals surface area contributed by atoms with Gasteiger partial charge in [0.25, 0.3) is 0 Å². The average Bonchev–Trinajstić information content (AvgIpc) is 2.16. The highest BCUT2D eigenvalue weighted by Gasteiger charge is 2.15. The summed E-state index contributed by atoms with van der Waals surface area (Å²) in [5.41, 5.74) is 1.85. The lowest BCUT2D eigenvalue weighted by Gasteiger charge is -2.19. The molecule has 0 aliphatic carbocycles. The second-order valence-corrected chi connectivity index (χ2v) is 4.94. The lowest BCUT2D eigenvalue weighted by Crippen LogP contribution is -2.06. The molecule has 1 aromatic rings. The summed E-state index contributed by atoms with van der Waals surface area (Å²) in [4.78, 5) is 0. The van der Waals surface area contributed by atoms with E-state index in [-0.39, 0.29) is 11.8 Å². The van der Waals surface area contributed by atoms with Gasteiger partial charge in [-0.1, -0.05) is 45.9 Å². The highest BCUT2D eigenvalue weighted by Crippen LogP contribution is 2.34. The third kappa shape index (κ3) is 3.06. The van der Waals surface area contributed by atoms with E-state index in [1.807, 2.05) is 45.9 Å². The van der Waals surface area contributed by atoms with Crippen LogP contribution in [-0.2, 0) is 11.4 Å². The second-order valence-electron chi connectivity index (χ2n) is 4.36. The van der Waals surface area contributed by atoms with Gasteiger partial charge in [-0.05, 0) is 23.0 Å². The van der Waals surface area contributed by atoms with Crippen LogP contribution in [0.2, 0.25) is 0 Å². The minimum atomic E-state index is -2.52. The molecule has 0 heterocycles. The van der Waals surface area contributed by atoms with Gasteiger partial charge in [0.1, 0.15) is 17.1 Å². The van der Waals surface area contributed by atoms with Crippen LogP contribution in [0.3, 0.4) is 0 Å². The van der Waals surface area contributed by atoms with Gasteiger partial charge in [0.05, 0.1) is 0 Å². The molecule has 0 saturated carbocycles. The van der Waals surface area contributed by atoms with Crippen molar-refractivity contribution in [2.45, 2.75) is 39.5 Å². The van der Waals surface area contributed by atoms with E-state index in [2.05, 4.69) is 0 Å². The first-order chi connectivity index (χ1) is 7.43. The van der Waals surface area contributed by atoms with Gasteiger partial charge in [-0.3, -0.25) is 0 Å². The molecular formula is C12H17O3S-. The Morgan fingerprint density at radius 1 is 1.12 bits per heavy atom. The molecule has 90 valence electrons. The van der Waals surface area contributed by atoms with Crippen LogP contribution >= 0.6 is 0 Å². The monoisotopic (exact) mass is 241 g/mol. The highest BCUT2D eigenvalue weighted by atomic mass is 32.2. The molecule has 4 heteroatoms. The Balaban J connectivity index is 3.28.